The minimum absolute atomic E-state index is 0.0501. The molecule has 1 aromatic heterocycles. The quantitative estimate of drug-likeness (QED) is 0.677. The van der Waals surface area contributed by atoms with Gasteiger partial charge in [0.25, 0.3) is 0 Å². The Morgan fingerprint density at radius 2 is 1.84 bits per heavy atom. The van der Waals surface area contributed by atoms with Gasteiger partial charge in [-0.15, -0.1) is 0 Å². The zero-order valence-corrected chi connectivity index (χ0v) is 15.5. The van der Waals surface area contributed by atoms with Crippen LogP contribution in [0.15, 0.2) is 24.5 Å². The number of pyridine rings is 1. The van der Waals surface area contributed by atoms with Crippen LogP contribution in [0.25, 0.3) is 12.2 Å². The lowest BCUT2D eigenvalue weighted by atomic mass is 9.92. The van der Waals surface area contributed by atoms with Gasteiger partial charge < -0.3 is 9.47 Å². The average Bonchev–Trinajstić information content (AvgIpc) is 3.21. The van der Waals surface area contributed by atoms with E-state index in [-0.39, 0.29) is 5.60 Å². The topological polar surface area (TPSA) is 31.4 Å². The number of ether oxygens (including phenoxy) is 2. The van der Waals surface area contributed by atoms with Gasteiger partial charge in [-0.1, -0.05) is 41.4 Å². The summed E-state index contributed by atoms with van der Waals surface area (Å²) in [7, 11) is 1.69. The molecule has 0 saturated heterocycles. The molecule has 2 aromatic rings. The molecule has 1 spiro atoms. The minimum atomic E-state index is -0.0501. The number of rotatable bonds is 3. The highest BCUT2D eigenvalue weighted by molar-refractivity contribution is 6.37. The van der Waals surface area contributed by atoms with Gasteiger partial charge >= 0.3 is 0 Å². The van der Waals surface area contributed by atoms with Gasteiger partial charge in [-0.2, -0.15) is 0 Å². The van der Waals surface area contributed by atoms with Crippen LogP contribution in [0.3, 0.4) is 0 Å². The molecule has 0 radical (unpaired) electrons. The van der Waals surface area contributed by atoms with E-state index in [0.29, 0.717) is 10.0 Å². The Labute approximate surface area is 157 Å². The zero-order chi connectivity index (χ0) is 17.4. The van der Waals surface area contributed by atoms with E-state index < -0.39 is 0 Å². The summed E-state index contributed by atoms with van der Waals surface area (Å²) in [5.74, 6) is 1.69. The van der Waals surface area contributed by atoms with Gasteiger partial charge in [0, 0.05) is 29.9 Å². The molecule has 0 N–H and O–H groups in total. The summed E-state index contributed by atoms with van der Waals surface area (Å²) in [6.45, 7) is 0. The monoisotopic (exact) mass is 375 g/mol. The zero-order valence-electron chi connectivity index (χ0n) is 14.0. The van der Waals surface area contributed by atoms with E-state index in [1.165, 1.54) is 18.4 Å². The molecule has 0 bridgehead atoms. The molecule has 2 heterocycles. The molecule has 1 aliphatic carbocycles. The Bertz CT molecular complexity index is 822. The fraction of sp³-hybridized carbons (Fsp3) is 0.350. The number of hydrogen-bond donors (Lipinski definition) is 0. The molecule has 1 saturated carbocycles. The van der Waals surface area contributed by atoms with E-state index in [4.69, 9.17) is 32.7 Å². The number of hydrogen-bond acceptors (Lipinski definition) is 3. The lowest BCUT2D eigenvalue weighted by Crippen LogP contribution is -2.30. The SMILES string of the molecule is COc1ccc(/C=C/c2c(Cl)cncc2Cl)c2c1OC1(CCCC1)C2. The molecular weight excluding hydrogens is 357 g/mol. The lowest BCUT2D eigenvalue weighted by molar-refractivity contribution is 0.0996. The Balaban J connectivity index is 1.73. The highest BCUT2D eigenvalue weighted by atomic mass is 35.5. The van der Waals surface area contributed by atoms with Gasteiger partial charge in [0.1, 0.15) is 5.60 Å². The van der Waals surface area contributed by atoms with Crippen molar-refractivity contribution in [3.8, 4) is 11.5 Å². The molecule has 5 heteroatoms. The first kappa shape index (κ1) is 16.7. The van der Waals surface area contributed by atoms with E-state index in [0.717, 1.165) is 41.9 Å². The number of aromatic nitrogens is 1. The smallest absolute Gasteiger partial charge is 0.165 e. The van der Waals surface area contributed by atoms with Crippen LogP contribution in [0.4, 0.5) is 0 Å². The third kappa shape index (κ3) is 3.00. The highest BCUT2D eigenvalue weighted by Gasteiger charge is 2.43. The number of halogens is 2. The standard InChI is InChI=1S/C20H19Cl2NO2/c1-24-18-7-5-13(4-6-14-16(21)11-23-12-17(14)22)15-10-20(25-19(15)18)8-2-3-9-20/h4-7,11-12H,2-3,8-10H2,1H3/b6-4+. The summed E-state index contributed by atoms with van der Waals surface area (Å²) in [6, 6.07) is 4.02. The maximum atomic E-state index is 6.40. The molecule has 3 nitrogen and oxygen atoms in total. The van der Waals surface area contributed by atoms with Gasteiger partial charge in [0.15, 0.2) is 11.5 Å². The predicted molar refractivity (Wildman–Crippen MR) is 102 cm³/mol. The molecule has 0 amide bonds. The van der Waals surface area contributed by atoms with Crippen molar-refractivity contribution in [1.82, 2.24) is 4.98 Å². The maximum absolute atomic E-state index is 6.40. The van der Waals surface area contributed by atoms with Crippen molar-refractivity contribution in [3.05, 3.63) is 51.3 Å². The second-order valence-corrected chi connectivity index (χ2v) is 7.50. The van der Waals surface area contributed by atoms with Crippen LogP contribution in [0, 0.1) is 0 Å². The third-order valence-electron chi connectivity index (χ3n) is 5.13. The van der Waals surface area contributed by atoms with Gasteiger partial charge in [-0.05, 0) is 37.3 Å². The van der Waals surface area contributed by atoms with Crippen LogP contribution in [0.1, 0.15) is 42.4 Å². The lowest BCUT2D eigenvalue weighted by Gasteiger charge is -2.22. The Hall–Kier alpha value is -1.71. The summed E-state index contributed by atoms with van der Waals surface area (Å²) in [4.78, 5) is 3.99. The van der Waals surface area contributed by atoms with Crippen molar-refractivity contribution in [3.63, 3.8) is 0 Å². The van der Waals surface area contributed by atoms with E-state index in [1.807, 2.05) is 18.2 Å². The average molecular weight is 376 g/mol. The Kier molecular flexibility index (Phi) is 4.38. The van der Waals surface area contributed by atoms with Crippen LogP contribution in [-0.4, -0.2) is 17.7 Å². The first-order chi connectivity index (χ1) is 12.1. The van der Waals surface area contributed by atoms with E-state index in [2.05, 4.69) is 11.1 Å². The van der Waals surface area contributed by atoms with Crippen molar-refractivity contribution in [2.75, 3.05) is 7.11 Å². The van der Waals surface area contributed by atoms with Gasteiger partial charge in [0.2, 0.25) is 0 Å². The molecule has 4 rings (SSSR count). The molecule has 25 heavy (non-hydrogen) atoms. The molecule has 1 aromatic carbocycles. The van der Waals surface area contributed by atoms with E-state index >= 15 is 0 Å². The van der Waals surface area contributed by atoms with Crippen LogP contribution in [0.5, 0.6) is 11.5 Å². The van der Waals surface area contributed by atoms with Crippen LogP contribution in [-0.2, 0) is 6.42 Å². The fourth-order valence-corrected chi connectivity index (χ4v) is 4.35. The summed E-state index contributed by atoms with van der Waals surface area (Å²) < 4.78 is 11.9. The van der Waals surface area contributed by atoms with Crippen LogP contribution < -0.4 is 9.47 Å². The predicted octanol–water partition coefficient (Wildman–Crippen LogP) is 5.82. The van der Waals surface area contributed by atoms with Gasteiger partial charge in [-0.25, -0.2) is 0 Å². The Morgan fingerprint density at radius 1 is 1.12 bits per heavy atom. The van der Waals surface area contributed by atoms with Crippen molar-refractivity contribution in [1.29, 1.82) is 0 Å². The van der Waals surface area contributed by atoms with Gasteiger partial charge in [0.05, 0.1) is 17.2 Å². The van der Waals surface area contributed by atoms with Gasteiger partial charge in [-0.3, -0.25) is 4.98 Å². The molecule has 0 atom stereocenters. The number of methoxy groups -OCH3 is 1. The van der Waals surface area contributed by atoms with Crippen molar-refractivity contribution in [2.45, 2.75) is 37.7 Å². The summed E-state index contributed by atoms with van der Waals surface area (Å²) in [6.07, 6.45) is 12.8. The van der Waals surface area contributed by atoms with Crippen molar-refractivity contribution in [2.24, 2.45) is 0 Å². The fourth-order valence-electron chi connectivity index (χ4n) is 3.86. The number of benzene rings is 1. The molecule has 1 fully saturated rings. The molecule has 2 aliphatic rings. The van der Waals surface area contributed by atoms with Crippen molar-refractivity contribution >= 4 is 35.4 Å². The molecular formula is C20H19Cl2NO2. The largest absolute Gasteiger partial charge is 0.493 e. The number of fused-ring (bicyclic) bond motifs is 1. The maximum Gasteiger partial charge on any atom is 0.165 e. The van der Waals surface area contributed by atoms with Crippen LogP contribution >= 0.6 is 23.2 Å². The Morgan fingerprint density at radius 3 is 2.52 bits per heavy atom. The molecule has 0 unspecified atom stereocenters. The summed E-state index contributed by atoms with van der Waals surface area (Å²) in [5.41, 5.74) is 3.05. The molecule has 1 aliphatic heterocycles. The second-order valence-electron chi connectivity index (χ2n) is 6.68. The van der Waals surface area contributed by atoms with Crippen LogP contribution in [0.2, 0.25) is 10.0 Å². The minimum Gasteiger partial charge on any atom is -0.493 e. The summed E-state index contributed by atoms with van der Waals surface area (Å²) >= 11 is 12.4. The third-order valence-corrected chi connectivity index (χ3v) is 5.74. The highest BCUT2D eigenvalue weighted by Crippen LogP contribution is 2.49. The van der Waals surface area contributed by atoms with Crippen molar-refractivity contribution < 1.29 is 9.47 Å². The molecule has 130 valence electrons. The van der Waals surface area contributed by atoms with E-state index in [1.54, 1.807) is 19.5 Å². The normalized spacial score (nSPS) is 17.9. The number of nitrogens with zero attached hydrogens (tertiary/aromatic N) is 1. The summed E-state index contributed by atoms with van der Waals surface area (Å²) in [5, 5.41) is 1.08. The first-order valence-corrected chi connectivity index (χ1v) is 9.23. The van der Waals surface area contributed by atoms with E-state index in [9.17, 15) is 0 Å². The second kappa shape index (κ2) is 6.54. The first-order valence-electron chi connectivity index (χ1n) is 8.48.